The maximum atomic E-state index is 5.34. The van der Waals surface area contributed by atoms with Crippen LogP contribution in [-0.4, -0.2) is 14.5 Å². The molecule has 3 heteroatoms. The van der Waals surface area contributed by atoms with E-state index in [0.717, 1.165) is 44.8 Å². The molecule has 2 aromatic heterocycles. The molecule has 0 N–H and O–H groups in total. The summed E-state index contributed by atoms with van der Waals surface area (Å²) in [4.78, 5) is 10.6. The van der Waals surface area contributed by atoms with Crippen LogP contribution < -0.4 is 0 Å². The monoisotopic (exact) mass is 715 g/mol. The van der Waals surface area contributed by atoms with Crippen molar-refractivity contribution in [2.75, 3.05) is 0 Å². The second-order valence-electron chi connectivity index (χ2n) is 15.4. The van der Waals surface area contributed by atoms with E-state index in [4.69, 9.17) is 9.97 Å². The quantitative estimate of drug-likeness (QED) is 0.178. The largest absolute Gasteiger partial charge is 0.309 e. The average Bonchev–Trinajstić information content (AvgIpc) is 3.71. The minimum absolute atomic E-state index is 0.136. The third kappa shape index (κ3) is 4.98. The number of benzene rings is 8. The van der Waals surface area contributed by atoms with Gasteiger partial charge >= 0.3 is 0 Å². The Morgan fingerprint density at radius 2 is 1.05 bits per heavy atom. The minimum atomic E-state index is -0.136. The highest BCUT2D eigenvalue weighted by Crippen LogP contribution is 2.54. The Bertz CT molecular complexity index is 3150. The fourth-order valence-electron chi connectivity index (χ4n) is 9.07. The van der Waals surface area contributed by atoms with E-state index in [1.165, 1.54) is 54.9 Å². The summed E-state index contributed by atoms with van der Waals surface area (Å²) in [5.41, 5.74) is 15.9. The van der Waals surface area contributed by atoms with Crippen molar-refractivity contribution < 1.29 is 0 Å². The maximum absolute atomic E-state index is 5.34. The molecule has 0 radical (unpaired) electrons. The van der Waals surface area contributed by atoms with Gasteiger partial charge in [-0.25, -0.2) is 9.97 Å². The topological polar surface area (TPSA) is 30.7 Å². The fraction of sp³-hybridized carbons (Fsp3) is 0.0566. The van der Waals surface area contributed by atoms with Gasteiger partial charge in [-0.1, -0.05) is 159 Å². The molecule has 0 atom stereocenters. The summed E-state index contributed by atoms with van der Waals surface area (Å²) in [6.07, 6.45) is 0. The number of rotatable bonds is 5. The summed E-state index contributed by atoms with van der Waals surface area (Å²) in [5.74, 6) is 0.702. The van der Waals surface area contributed by atoms with Gasteiger partial charge in [-0.3, -0.25) is 0 Å². The molecule has 11 rings (SSSR count). The first-order valence-electron chi connectivity index (χ1n) is 19.3. The smallest absolute Gasteiger partial charge is 0.160 e. The number of hydrogen-bond acceptors (Lipinski definition) is 2. The van der Waals surface area contributed by atoms with Crippen molar-refractivity contribution in [2.24, 2.45) is 0 Å². The minimum Gasteiger partial charge on any atom is -0.309 e. The Kier molecular flexibility index (Phi) is 7.20. The van der Waals surface area contributed by atoms with E-state index in [9.17, 15) is 0 Å². The van der Waals surface area contributed by atoms with E-state index < -0.39 is 0 Å². The molecule has 264 valence electrons. The van der Waals surface area contributed by atoms with Crippen LogP contribution in [0.25, 0.3) is 94.4 Å². The van der Waals surface area contributed by atoms with Gasteiger partial charge < -0.3 is 4.57 Å². The van der Waals surface area contributed by atoms with Crippen molar-refractivity contribution in [3.05, 3.63) is 199 Å². The molecule has 0 fully saturated rings. The predicted octanol–water partition coefficient (Wildman–Crippen LogP) is 13.7. The van der Waals surface area contributed by atoms with Gasteiger partial charge in [0.2, 0.25) is 0 Å². The second-order valence-corrected chi connectivity index (χ2v) is 15.4. The van der Waals surface area contributed by atoms with Crippen molar-refractivity contribution in [1.29, 1.82) is 0 Å². The second kappa shape index (κ2) is 12.5. The van der Waals surface area contributed by atoms with Crippen LogP contribution in [0.5, 0.6) is 0 Å². The molecule has 0 spiro atoms. The molecule has 0 amide bonds. The molecule has 0 unspecified atom stereocenters. The van der Waals surface area contributed by atoms with Crippen LogP contribution in [0.4, 0.5) is 0 Å². The molecular weight excluding hydrogens is 679 g/mol. The van der Waals surface area contributed by atoms with Gasteiger partial charge in [0.15, 0.2) is 5.82 Å². The molecule has 0 saturated carbocycles. The van der Waals surface area contributed by atoms with Crippen LogP contribution >= 0.6 is 0 Å². The van der Waals surface area contributed by atoms with Gasteiger partial charge in [0.05, 0.1) is 22.4 Å². The lowest BCUT2D eigenvalue weighted by Crippen LogP contribution is -2.14. The predicted molar refractivity (Wildman–Crippen MR) is 233 cm³/mol. The van der Waals surface area contributed by atoms with Gasteiger partial charge in [0, 0.05) is 38.6 Å². The zero-order valence-electron chi connectivity index (χ0n) is 31.2. The summed E-state index contributed by atoms with van der Waals surface area (Å²) >= 11 is 0. The van der Waals surface area contributed by atoms with Crippen molar-refractivity contribution in [2.45, 2.75) is 19.3 Å². The van der Waals surface area contributed by atoms with E-state index in [0.29, 0.717) is 5.82 Å². The van der Waals surface area contributed by atoms with Gasteiger partial charge in [-0.05, 0) is 86.6 Å². The standard InChI is InChI=1S/C53H37N3/c1-53(2)45-26-15-25-43(51(45)44-30-35-18-9-10-19-36(35)31-46(44)53)39-22-11-12-23-40(39)48-33-47(54-52(55-48)34-16-5-3-6-17-34)37-28-29-42-41-24-13-14-27-49(41)56(50(42)32-37)38-20-7-4-8-21-38/h3-33H,1-2H3. The van der Waals surface area contributed by atoms with Gasteiger partial charge in [0.1, 0.15) is 0 Å². The van der Waals surface area contributed by atoms with Crippen molar-refractivity contribution in [1.82, 2.24) is 14.5 Å². The first-order valence-corrected chi connectivity index (χ1v) is 19.3. The molecule has 0 saturated heterocycles. The highest BCUT2D eigenvalue weighted by Gasteiger charge is 2.37. The lowest BCUT2D eigenvalue weighted by atomic mass is 9.81. The SMILES string of the molecule is CC1(C)c2cc3ccccc3cc2-c2c(-c3ccccc3-c3cc(-c4ccc5c6ccccc6n(-c6ccccc6)c5c4)nc(-c4ccccc4)n3)cccc21. The van der Waals surface area contributed by atoms with Crippen LogP contribution in [-0.2, 0) is 5.41 Å². The molecule has 10 aromatic rings. The van der Waals surface area contributed by atoms with Crippen molar-refractivity contribution in [3.8, 4) is 61.8 Å². The molecule has 3 nitrogen and oxygen atoms in total. The van der Waals surface area contributed by atoms with Crippen LogP contribution in [0.1, 0.15) is 25.0 Å². The first kappa shape index (κ1) is 32.3. The van der Waals surface area contributed by atoms with Gasteiger partial charge in [-0.2, -0.15) is 0 Å². The molecule has 1 aliphatic carbocycles. The Labute approximate surface area is 326 Å². The first-order chi connectivity index (χ1) is 27.5. The molecule has 8 aromatic carbocycles. The Balaban J connectivity index is 1.13. The lowest BCUT2D eigenvalue weighted by molar-refractivity contribution is 0.661. The highest BCUT2D eigenvalue weighted by atomic mass is 15.0. The highest BCUT2D eigenvalue weighted by molar-refractivity contribution is 6.10. The van der Waals surface area contributed by atoms with E-state index >= 15 is 0 Å². The zero-order chi connectivity index (χ0) is 37.4. The third-order valence-electron chi connectivity index (χ3n) is 11.8. The number of nitrogens with zero attached hydrogens (tertiary/aromatic N) is 3. The summed E-state index contributed by atoms with van der Waals surface area (Å²) < 4.78 is 2.36. The molecule has 1 aliphatic rings. The summed E-state index contributed by atoms with van der Waals surface area (Å²) in [6, 6.07) is 67.6. The van der Waals surface area contributed by atoms with Crippen molar-refractivity contribution in [3.63, 3.8) is 0 Å². The third-order valence-corrected chi connectivity index (χ3v) is 11.8. The van der Waals surface area contributed by atoms with Crippen LogP contribution in [0.15, 0.2) is 188 Å². The van der Waals surface area contributed by atoms with Gasteiger partial charge in [0.25, 0.3) is 0 Å². The number of fused-ring (bicyclic) bond motifs is 7. The summed E-state index contributed by atoms with van der Waals surface area (Å²) in [5, 5.41) is 4.98. The van der Waals surface area contributed by atoms with E-state index in [-0.39, 0.29) is 5.41 Å². The number of para-hydroxylation sites is 2. The average molecular weight is 716 g/mol. The Morgan fingerprint density at radius 3 is 1.88 bits per heavy atom. The number of hydrogen-bond donors (Lipinski definition) is 0. The normalized spacial score (nSPS) is 13.0. The van der Waals surface area contributed by atoms with Crippen LogP contribution in [0.3, 0.4) is 0 Å². The van der Waals surface area contributed by atoms with E-state index in [1.54, 1.807) is 0 Å². The van der Waals surface area contributed by atoms with Crippen molar-refractivity contribution >= 4 is 32.6 Å². The van der Waals surface area contributed by atoms with Crippen LogP contribution in [0, 0.1) is 0 Å². The van der Waals surface area contributed by atoms with Crippen LogP contribution in [0.2, 0.25) is 0 Å². The molecule has 56 heavy (non-hydrogen) atoms. The van der Waals surface area contributed by atoms with E-state index in [1.807, 2.05) is 6.07 Å². The molecule has 0 aliphatic heterocycles. The molecular formula is C53H37N3. The Morgan fingerprint density at radius 1 is 0.411 bits per heavy atom. The Hall–Kier alpha value is -7.10. The fourth-order valence-corrected chi connectivity index (χ4v) is 9.07. The van der Waals surface area contributed by atoms with Gasteiger partial charge in [-0.15, -0.1) is 0 Å². The van der Waals surface area contributed by atoms with E-state index in [2.05, 4.69) is 200 Å². The lowest BCUT2D eigenvalue weighted by Gasteiger charge is -2.22. The molecule has 2 heterocycles. The maximum Gasteiger partial charge on any atom is 0.160 e. The number of aromatic nitrogens is 3. The summed E-state index contributed by atoms with van der Waals surface area (Å²) in [6.45, 7) is 4.72. The zero-order valence-corrected chi connectivity index (χ0v) is 31.2. The summed E-state index contributed by atoms with van der Waals surface area (Å²) in [7, 11) is 0. The molecule has 0 bridgehead atoms.